The highest BCUT2D eigenvalue weighted by Gasteiger charge is 2.23. The van der Waals surface area contributed by atoms with Crippen molar-refractivity contribution < 1.29 is 5.11 Å². The molecular weight excluding hydrogens is 430 g/mol. The number of benzene rings is 2. The molecule has 162 valence electrons. The normalized spacial score (nSPS) is 11.6. The molecule has 5 aromatic rings. The monoisotopic (exact) mass is 449 g/mol. The molecule has 32 heavy (non-hydrogen) atoms. The minimum absolute atomic E-state index is 0.115. The number of hydrogen-bond donors (Lipinski definition) is 1. The molecule has 3 aromatic heterocycles. The minimum Gasteiger partial charge on any atom is -0.396 e. The zero-order valence-electron chi connectivity index (χ0n) is 17.3. The van der Waals surface area contributed by atoms with Crippen LogP contribution >= 0.6 is 11.6 Å². The number of aryl methyl sites for hydroxylation is 1. The summed E-state index contributed by atoms with van der Waals surface area (Å²) in [4.78, 5) is 30.8. The lowest BCUT2D eigenvalue weighted by Crippen LogP contribution is -2.39. The van der Waals surface area contributed by atoms with Gasteiger partial charge in [0.1, 0.15) is 0 Å². The van der Waals surface area contributed by atoms with Crippen LogP contribution in [0.2, 0.25) is 5.02 Å². The summed E-state index contributed by atoms with van der Waals surface area (Å²) in [5, 5.41) is 9.72. The average Bonchev–Trinajstić information content (AvgIpc) is 3.35. The zero-order chi connectivity index (χ0) is 22.4. The summed E-state index contributed by atoms with van der Waals surface area (Å²) < 4.78 is 6.10. The summed E-state index contributed by atoms with van der Waals surface area (Å²) in [5.41, 5.74) is 2.11. The van der Waals surface area contributed by atoms with E-state index in [-0.39, 0.29) is 18.8 Å². The second kappa shape index (κ2) is 7.81. The second-order valence-electron chi connectivity index (χ2n) is 7.50. The third-order valence-electron chi connectivity index (χ3n) is 5.55. The van der Waals surface area contributed by atoms with Gasteiger partial charge >= 0.3 is 5.69 Å². The van der Waals surface area contributed by atoms with Crippen molar-refractivity contribution in [2.45, 2.75) is 13.0 Å². The molecular formula is C23H20ClN5O3. The molecule has 0 bridgehead atoms. The molecule has 0 amide bonds. The van der Waals surface area contributed by atoms with Crippen molar-refractivity contribution in [2.24, 2.45) is 7.05 Å². The highest BCUT2D eigenvalue weighted by atomic mass is 35.5. The SMILES string of the molecule is Cn1c(=O)n(CCCO)c(=O)c2c1nc1n(-c3ccccc3Cl)c(-c3ccccc3)cn21. The third-order valence-corrected chi connectivity index (χ3v) is 5.87. The van der Waals surface area contributed by atoms with E-state index in [0.29, 0.717) is 28.4 Å². The van der Waals surface area contributed by atoms with Gasteiger partial charge in [-0.1, -0.05) is 54.1 Å². The lowest BCUT2D eigenvalue weighted by atomic mass is 10.1. The van der Waals surface area contributed by atoms with Crippen LogP contribution in [-0.2, 0) is 13.6 Å². The summed E-state index contributed by atoms with van der Waals surface area (Å²) in [7, 11) is 1.59. The smallest absolute Gasteiger partial charge is 0.332 e. The van der Waals surface area contributed by atoms with Gasteiger partial charge in [-0.15, -0.1) is 0 Å². The van der Waals surface area contributed by atoms with Gasteiger partial charge in [-0.05, 0) is 18.6 Å². The van der Waals surface area contributed by atoms with E-state index in [1.165, 1.54) is 4.57 Å². The lowest BCUT2D eigenvalue weighted by molar-refractivity contribution is 0.277. The Hall–Kier alpha value is -3.62. The number of nitrogens with zero attached hydrogens (tertiary/aromatic N) is 5. The first-order chi connectivity index (χ1) is 15.5. The second-order valence-corrected chi connectivity index (χ2v) is 7.90. The van der Waals surface area contributed by atoms with E-state index in [1.807, 2.05) is 59.3 Å². The number of halogens is 1. The lowest BCUT2D eigenvalue weighted by Gasteiger charge is -2.10. The summed E-state index contributed by atoms with van der Waals surface area (Å²) in [6, 6.07) is 17.2. The van der Waals surface area contributed by atoms with Crippen molar-refractivity contribution in [3.05, 3.63) is 86.7 Å². The molecule has 9 heteroatoms. The molecule has 0 aliphatic carbocycles. The topological polar surface area (TPSA) is 86.5 Å². The van der Waals surface area contributed by atoms with Gasteiger partial charge < -0.3 is 5.11 Å². The maximum absolute atomic E-state index is 13.3. The molecule has 8 nitrogen and oxygen atoms in total. The van der Waals surface area contributed by atoms with Crippen molar-refractivity contribution in [3.8, 4) is 16.9 Å². The van der Waals surface area contributed by atoms with E-state index in [2.05, 4.69) is 4.98 Å². The summed E-state index contributed by atoms with van der Waals surface area (Å²) in [6.45, 7) is 0.0123. The molecule has 1 N–H and O–H groups in total. The number of hydrogen-bond acceptors (Lipinski definition) is 4. The van der Waals surface area contributed by atoms with Crippen molar-refractivity contribution >= 4 is 28.5 Å². The fraction of sp³-hybridized carbons (Fsp3) is 0.174. The molecule has 2 aromatic carbocycles. The fourth-order valence-corrected chi connectivity index (χ4v) is 4.23. The van der Waals surface area contributed by atoms with Crippen LogP contribution in [0.15, 0.2) is 70.4 Å². The number of fused-ring (bicyclic) bond motifs is 3. The molecule has 0 aliphatic heterocycles. The van der Waals surface area contributed by atoms with Crippen molar-refractivity contribution in [2.75, 3.05) is 6.61 Å². The number of imidazole rings is 2. The molecule has 0 saturated carbocycles. The van der Waals surface area contributed by atoms with E-state index in [4.69, 9.17) is 11.6 Å². The Balaban J connectivity index is 1.93. The van der Waals surface area contributed by atoms with Crippen LogP contribution in [0.4, 0.5) is 0 Å². The molecule has 3 heterocycles. The molecule has 0 fully saturated rings. The van der Waals surface area contributed by atoms with Gasteiger partial charge in [0.25, 0.3) is 5.56 Å². The van der Waals surface area contributed by atoms with E-state index in [1.54, 1.807) is 17.5 Å². The number of para-hydroxylation sites is 1. The van der Waals surface area contributed by atoms with Crippen LogP contribution in [0.5, 0.6) is 0 Å². The van der Waals surface area contributed by atoms with Crippen LogP contribution in [0, 0.1) is 0 Å². The van der Waals surface area contributed by atoms with Gasteiger partial charge in [0, 0.05) is 32.0 Å². The fourth-order valence-electron chi connectivity index (χ4n) is 4.01. The van der Waals surface area contributed by atoms with Gasteiger partial charge in [-0.25, -0.2) is 4.79 Å². The maximum Gasteiger partial charge on any atom is 0.332 e. The molecule has 0 spiro atoms. The predicted octanol–water partition coefficient (Wildman–Crippen LogP) is 2.84. The molecule has 0 atom stereocenters. The first-order valence-corrected chi connectivity index (χ1v) is 10.5. The van der Waals surface area contributed by atoms with Crippen LogP contribution in [0.3, 0.4) is 0 Å². The molecule has 0 aliphatic rings. The Morgan fingerprint density at radius 1 is 1.03 bits per heavy atom. The number of rotatable bonds is 5. The number of aromatic nitrogens is 5. The van der Waals surface area contributed by atoms with Gasteiger partial charge in [0.2, 0.25) is 5.78 Å². The van der Waals surface area contributed by atoms with Crippen molar-refractivity contribution in [1.29, 1.82) is 0 Å². The third kappa shape index (κ3) is 2.99. The predicted molar refractivity (Wildman–Crippen MR) is 124 cm³/mol. The Bertz CT molecular complexity index is 1580. The van der Waals surface area contributed by atoms with Crippen LogP contribution < -0.4 is 11.2 Å². The van der Waals surface area contributed by atoms with E-state index < -0.39 is 11.2 Å². The maximum atomic E-state index is 13.3. The van der Waals surface area contributed by atoms with Gasteiger partial charge in [0.05, 0.1) is 16.4 Å². The first kappa shape index (κ1) is 20.3. The highest BCUT2D eigenvalue weighted by Crippen LogP contribution is 2.31. The highest BCUT2D eigenvalue weighted by molar-refractivity contribution is 6.32. The van der Waals surface area contributed by atoms with Crippen LogP contribution in [0.25, 0.3) is 33.9 Å². The van der Waals surface area contributed by atoms with E-state index in [9.17, 15) is 14.7 Å². The number of aliphatic hydroxyl groups excluding tert-OH is 1. The Morgan fingerprint density at radius 2 is 1.75 bits per heavy atom. The van der Waals surface area contributed by atoms with Crippen molar-refractivity contribution in [1.82, 2.24) is 23.1 Å². The molecule has 0 saturated heterocycles. The molecule has 5 rings (SSSR count). The van der Waals surface area contributed by atoms with Crippen LogP contribution in [-0.4, -0.2) is 34.8 Å². The Morgan fingerprint density at radius 3 is 2.47 bits per heavy atom. The first-order valence-electron chi connectivity index (χ1n) is 10.2. The van der Waals surface area contributed by atoms with E-state index >= 15 is 0 Å². The molecule has 0 radical (unpaired) electrons. The number of aliphatic hydroxyl groups is 1. The van der Waals surface area contributed by atoms with Crippen molar-refractivity contribution in [3.63, 3.8) is 0 Å². The van der Waals surface area contributed by atoms with Gasteiger partial charge in [0.15, 0.2) is 11.2 Å². The minimum atomic E-state index is -0.468. The Labute approximate surface area is 187 Å². The largest absolute Gasteiger partial charge is 0.396 e. The molecule has 0 unspecified atom stereocenters. The summed E-state index contributed by atoms with van der Waals surface area (Å²) in [6.07, 6.45) is 2.14. The standard InChI is InChI=1S/C23H20ClN5O3/c1-26-20-19(21(31)27(23(26)32)12-7-13-30)28-14-18(15-8-3-2-4-9-15)29(22(28)25-20)17-11-6-5-10-16(17)24/h2-6,8-11,14,30H,7,12-13H2,1H3. The average molecular weight is 450 g/mol. The zero-order valence-corrected chi connectivity index (χ0v) is 18.0. The van der Waals surface area contributed by atoms with Gasteiger partial charge in [-0.2, -0.15) is 4.98 Å². The summed E-state index contributed by atoms with van der Waals surface area (Å²) in [5.74, 6) is 0.471. The summed E-state index contributed by atoms with van der Waals surface area (Å²) >= 11 is 6.54. The van der Waals surface area contributed by atoms with E-state index in [0.717, 1.165) is 15.8 Å². The van der Waals surface area contributed by atoms with Crippen LogP contribution in [0.1, 0.15) is 6.42 Å². The van der Waals surface area contributed by atoms with Gasteiger partial charge in [-0.3, -0.25) is 22.9 Å². The quantitative estimate of drug-likeness (QED) is 0.447. The Kier molecular flexibility index (Phi) is 4.96.